The summed E-state index contributed by atoms with van der Waals surface area (Å²) in [6.45, 7) is 0. The molecular formula is C21H30OS. The van der Waals surface area contributed by atoms with Crippen molar-refractivity contribution in [3.63, 3.8) is 0 Å². The maximum Gasteiger partial charge on any atom is 0.135 e. The number of hydrogen-bond donors (Lipinski definition) is 0. The van der Waals surface area contributed by atoms with Crippen LogP contribution >= 0.6 is 11.3 Å². The van der Waals surface area contributed by atoms with Gasteiger partial charge in [-0.3, -0.25) is 0 Å². The zero-order chi connectivity index (χ0) is 15.7. The van der Waals surface area contributed by atoms with Crippen LogP contribution in [0.4, 0.5) is 0 Å². The number of rotatable bonds is 1. The molecule has 0 aromatic carbocycles. The minimum atomic E-state index is 1.08. The molecule has 0 saturated heterocycles. The highest BCUT2D eigenvalue weighted by Gasteiger charge is 2.13. The first-order valence-electron chi connectivity index (χ1n) is 9.57. The van der Waals surface area contributed by atoms with E-state index in [2.05, 4.69) is 22.9 Å². The summed E-state index contributed by atoms with van der Waals surface area (Å²) in [6, 6.07) is 4.48. The van der Waals surface area contributed by atoms with Crippen molar-refractivity contribution in [2.24, 2.45) is 0 Å². The molecule has 3 rings (SSSR count). The zero-order valence-corrected chi connectivity index (χ0v) is 15.1. The first kappa shape index (κ1) is 16.8. The third-order valence-electron chi connectivity index (χ3n) is 5.05. The highest BCUT2D eigenvalue weighted by molar-refractivity contribution is 7.08. The molecule has 126 valence electrons. The normalized spacial score (nSPS) is 18.8. The van der Waals surface area contributed by atoms with Gasteiger partial charge in [-0.05, 0) is 42.3 Å². The van der Waals surface area contributed by atoms with Gasteiger partial charge in [0.05, 0.1) is 0 Å². The van der Waals surface area contributed by atoms with E-state index < -0.39 is 0 Å². The van der Waals surface area contributed by atoms with Crippen molar-refractivity contribution in [1.29, 1.82) is 0 Å². The van der Waals surface area contributed by atoms with Gasteiger partial charge in [0.25, 0.3) is 0 Å². The van der Waals surface area contributed by atoms with E-state index in [-0.39, 0.29) is 0 Å². The molecule has 0 amide bonds. The van der Waals surface area contributed by atoms with Crippen LogP contribution < -0.4 is 0 Å². The van der Waals surface area contributed by atoms with Crippen LogP contribution in [-0.2, 0) is 12.8 Å². The van der Waals surface area contributed by atoms with Crippen molar-refractivity contribution in [1.82, 2.24) is 0 Å². The van der Waals surface area contributed by atoms with Crippen molar-refractivity contribution in [3.8, 4) is 11.3 Å². The van der Waals surface area contributed by atoms with Crippen molar-refractivity contribution in [3.05, 3.63) is 34.2 Å². The molecule has 2 aromatic heterocycles. The predicted molar refractivity (Wildman–Crippen MR) is 100 cm³/mol. The summed E-state index contributed by atoms with van der Waals surface area (Å²) in [5.74, 6) is 2.35. The van der Waals surface area contributed by atoms with E-state index in [0.717, 1.165) is 12.2 Å². The number of thiophene rings is 1. The van der Waals surface area contributed by atoms with Crippen LogP contribution in [0.2, 0.25) is 0 Å². The molecule has 0 radical (unpaired) electrons. The van der Waals surface area contributed by atoms with E-state index in [0.29, 0.717) is 0 Å². The minimum Gasteiger partial charge on any atom is -0.461 e. The molecule has 0 spiro atoms. The molecule has 0 N–H and O–H groups in total. The Morgan fingerprint density at radius 2 is 1.35 bits per heavy atom. The Bertz CT molecular complexity index is 521. The average molecular weight is 331 g/mol. The summed E-state index contributed by atoms with van der Waals surface area (Å²) in [7, 11) is 0. The Labute approximate surface area is 145 Å². The van der Waals surface area contributed by atoms with Crippen molar-refractivity contribution >= 4 is 11.3 Å². The lowest BCUT2D eigenvalue weighted by molar-refractivity contribution is 0.496. The Kier molecular flexibility index (Phi) is 6.82. The molecule has 23 heavy (non-hydrogen) atoms. The minimum absolute atomic E-state index is 1.08. The van der Waals surface area contributed by atoms with E-state index in [9.17, 15) is 0 Å². The molecular weight excluding hydrogens is 300 g/mol. The van der Waals surface area contributed by atoms with E-state index in [1.54, 1.807) is 11.3 Å². The van der Waals surface area contributed by atoms with E-state index in [1.807, 2.05) is 0 Å². The molecule has 0 aliphatic heterocycles. The van der Waals surface area contributed by atoms with E-state index >= 15 is 0 Å². The predicted octanol–water partition coefficient (Wildman–Crippen LogP) is 7.40. The van der Waals surface area contributed by atoms with Crippen molar-refractivity contribution < 1.29 is 4.42 Å². The lowest BCUT2D eigenvalue weighted by Gasteiger charge is -2.03. The van der Waals surface area contributed by atoms with Gasteiger partial charge in [0.15, 0.2) is 0 Å². The summed E-state index contributed by atoms with van der Waals surface area (Å²) in [4.78, 5) is 0. The van der Waals surface area contributed by atoms with Crippen LogP contribution in [-0.4, -0.2) is 0 Å². The molecule has 0 bridgehead atoms. The van der Waals surface area contributed by atoms with Crippen LogP contribution in [0.3, 0.4) is 0 Å². The van der Waals surface area contributed by atoms with Gasteiger partial charge in [0.2, 0.25) is 0 Å². The van der Waals surface area contributed by atoms with Gasteiger partial charge in [-0.2, -0.15) is 11.3 Å². The second-order valence-corrected chi connectivity index (χ2v) is 7.74. The number of hydrogen-bond acceptors (Lipinski definition) is 2. The van der Waals surface area contributed by atoms with Gasteiger partial charge in [-0.1, -0.05) is 57.8 Å². The zero-order valence-electron chi connectivity index (χ0n) is 14.3. The Hall–Kier alpha value is -1.02. The Morgan fingerprint density at radius 1 is 0.739 bits per heavy atom. The quantitative estimate of drug-likeness (QED) is 0.531. The van der Waals surface area contributed by atoms with E-state index in [4.69, 9.17) is 4.42 Å². The fourth-order valence-electron chi connectivity index (χ4n) is 3.63. The van der Waals surface area contributed by atoms with Crippen molar-refractivity contribution in [2.45, 2.75) is 83.5 Å². The van der Waals surface area contributed by atoms with Gasteiger partial charge in [-0.25, -0.2) is 0 Å². The van der Waals surface area contributed by atoms with Gasteiger partial charge in [-0.15, -0.1) is 0 Å². The molecule has 1 aliphatic carbocycles. The molecule has 0 fully saturated rings. The number of aryl methyl sites for hydroxylation is 2. The van der Waals surface area contributed by atoms with Crippen LogP contribution in [0.1, 0.15) is 82.0 Å². The van der Waals surface area contributed by atoms with Crippen LogP contribution in [0.5, 0.6) is 0 Å². The molecule has 2 heteroatoms. The lowest BCUT2D eigenvalue weighted by Crippen LogP contribution is -1.91. The summed E-state index contributed by atoms with van der Waals surface area (Å²) in [5.41, 5.74) is 2.72. The maximum absolute atomic E-state index is 6.24. The van der Waals surface area contributed by atoms with Gasteiger partial charge in [0.1, 0.15) is 11.5 Å². The largest absolute Gasteiger partial charge is 0.461 e. The Morgan fingerprint density at radius 3 is 1.96 bits per heavy atom. The van der Waals surface area contributed by atoms with Crippen LogP contribution in [0.15, 0.2) is 27.3 Å². The Balaban J connectivity index is 1.66. The van der Waals surface area contributed by atoms with Crippen molar-refractivity contribution in [2.75, 3.05) is 0 Å². The molecule has 1 nitrogen and oxygen atoms in total. The van der Waals surface area contributed by atoms with Crippen LogP contribution in [0.25, 0.3) is 11.3 Å². The molecule has 1 aliphatic rings. The van der Waals surface area contributed by atoms with Gasteiger partial charge < -0.3 is 4.42 Å². The lowest BCUT2D eigenvalue weighted by atomic mass is 10.0. The molecule has 0 unspecified atom stereocenters. The van der Waals surface area contributed by atoms with E-state index in [1.165, 1.54) is 93.9 Å². The van der Waals surface area contributed by atoms with Crippen LogP contribution in [0, 0.1) is 0 Å². The smallest absolute Gasteiger partial charge is 0.135 e. The third-order valence-corrected chi connectivity index (χ3v) is 5.74. The average Bonchev–Trinajstić information content (AvgIpc) is 3.20. The summed E-state index contributed by atoms with van der Waals surface area (Å²) >= 11 is 1.75. The first-order valence-corrected chi connectivity index (χ1v) is 10.5. The number of fused-ring (bicyclic) bond motifs is 1. The highest BCUT2D eigenvalue weighted by atomic mass is 32.1. The highest BCUT2D eigenvalue weighted by Crippen LogP contribution is 2.30. The topological polar surface area (TPSA) is 13.1 Å². The standard InChI is InChI=1S/C21H30OS/c1-2-4-6-8-10-12-18-16-21(19-14-15-23-17-19)22-20(18)13-11-9-7-5-3-1/h14-17H,1-13H2. The monoisotopic (exact) mass is 330 g/mol. The summed E-state index contributed by atoms with van der Waals surface area (Å²) < 4.78 is 6.24. The second-order valence-electron chi connectivity index (χ2n) is 6.96. The molecule has 2 heterocycles. The maximum atomic E-state index is 6.24. The van der Waals surface area contributed by atoms with Gasteiger partial charge in [0, 0.05) is 17.4 Å². The number of furan rings is 1. The molecule has 0 saturated carbocycles. The molecule has 0 atom stereocenters. The fourth-order valence-corrected chi connectivity index (χ4v) is 4.27. The summed E-state index contributed by atoms with van der Waals surface area (Å²) in [5, 5.41) is 4.33. The SMILES string of the molecule is c1cc(-c2cc3c(o2)CCCCCCCCCCCCC3)cs1. The third kappa shape index (κ3) is 5.24. The fraction of sp³-hybridized carbons (Fsp3) is 0.619. The second kappa shape index (κ2) is 9.32. The molecule has 2 aromatic rings. The van der Waals surface area contributed by atoms with Gasteiger partial charge >= 0.3 is 0 Å². The summed E-state index contributed by atoms with van der Waals surface area (Å²) in [6.07, 6.45) is 17.6. The first-order chi connectivity index (χ1) is 11.4.